The summed E-state index contributed by atoms with van der Waals surface area (Å²) in [7, 11) is 0. The van der Waals surface area contributed by atoms with Gasteiger partial charge in [0.2, 0.25) is 0 Å². The zero-order valence-electron chi connectivity index (χ0n) is 12.4. The largest absolute Gasteiger partial charge is 0.488 e. The number of hydrogen-bond donors (Lipinski definition) is 0. The van der Waals surface area contributed by atoms with Crippen LogP contribution in [0.15, 0.2) is 48.2 Å². The molecule has 1 fully saturated rings. The lowest BCUT2D eigenvalue weighted by Crippen LogP contribution is -2.30. The van der Waals surface area contributed by atoms with Crippen LogP contribution in [-0.2, 0) is 0 Å². The summed E-state index contributed by atoms with van der Waals surface area (Å²) < 4.78 is 6.95. The Morgan fingerprint density at radius 3 is 3.00 bits per heavy atom. The van der Waals surface area contributed by atoms with Gasteiger partial charge in [0.1, 0.15) is 11.9 Å². The predicted octanol–water partition coefficient (Wildman–Crippen LogP) is 2.98. The molecule has 0 N–H and O–H groups in total. The normalized spacial score (nSPS) is 17.6. The van der Waals surface area contributed by atoms with E-state index in [-0.39, 0.29) is 12.0 Å². The molecular weight excluding hydrogens is 310 g/mol. The highest BCUT2D eigenvalue weighted by molar-refractivity contribution is 7.16. The van der Waals surface area contributed by atoms with Crippen molar-refractivity contribution in [2.24, 2.45) is 0 Å². The Hall–Kier alpha value is -2.47. The van der Waals surface area contributed by atoms with Crippen LogP contribution in [0.2, 0.25) is 0 Å². The van der Waals surface area contributed by atoms with Crippen molar-refractivity contribution in [3.63, 3.8) is 0 Å². The second kappa shape index (κ2) is 5.96. The number of benzene rings is 1. The molecule has 4 rings (SSSR count). The van der Waals surface area contributed by atoms with E-state index < -0.39 is 0 Å². The summed E-state index contributed by atoms with van der Waals surface area (Å²) >= 11 is 1.55. The lowest BCUT2D eigenvalue weighted by Gasteiger charge is -2.17. The Labute approximate surface area is 137 Å². The average molecular weight is 325 g/mol. The standard InChI is InChI=1S/C17H15N3O2S/c21-17(12-1-2-15-16(9-12)23-11-19-15)20-8-5-14(10-20)22-13-3-6-18-7-4-13/h1-4,6-7,9,11,14H,5,8,10H2/t14-/m0/s1. The van der Waals surface area contributed by atoms with E-state index in [1.807, 2.05) is 35.2 Å². The minimum Gasteiger partial charge on any atom is -0.488 e. The van der Waals surface area contributed by atoms with Crippen molar-refractivity contribution in [2.75, 3.05) is 13.1 Å². The number of carbonyl (C=O) groups is 1. The minimum atomic E-state index is 0.0356. The molecule has 0 spiro atoms. The Balaban J connectivity index is 1.45. The van der Waals surface area contributed by atoms with Gasteiger partial charge in [-0.05, 0) is 30.3 Å². The van der Waals surface area contributed by atoms with Gasteiger partial charge in [0.15, 0.2) is 0 Å². The topological polar surface area (TPSA) is 55.3 Å². The summed E-state index contributed by atoms with van der Waals surface area (Å²) in [5, 5.41) is 0. The van der Waals surface area contributed by atoms with E-state index in [0.29, 0.717) is 12.1 Å². The van der Waals surface area contributed by atoms with Crippen LogP contribution in [0.1, 0.15) is 16.8 Å². The second-order valence-corrected chi connectivity index (χ2v) is 6.38. The highest BCUT2D eigenvalue weighted by atomic mass is 32.1. The van der Waals surface area contributed by atoms with Gasteiger partial charge < -0.3 is 9.64 Å². The minimum absolute atomic E-state index is 0.0356. The van der Waals surface area contributed by atoms with Crippen molar-refractivity contribution in [1.29, 1.82) is 0 Å². The third kappa shape index (κ3) is 2.90. The number of rotatable bonds is 3. The number of aromatic nitrogens is 2. The van der Waals surface area contributed by atoms with E-state index in [9.17, 15) is 4.79 Å². The number of carbonyl (C=O) groups excluding carboxylic acids is 1. The smallest absolute Gasteiger partial charge is 0.254 e. The number of thiazole rings is 1. The van der Waals surface area contributed by atoms with E-state index in [1.54, 1.807) is 29.2 Å². The number of hydrogen-bond acceptors (Lipinski definition) is 5. The summed E-state index contributed by atoms with van der Waals surface area (Å²) in [6.07, 6.45) is 4.29. The monoisotopic (exact) mass is 325 g/mol. The molecule has 116 valence electrons. The number of likely N-dealkylation sites (tertiary alicyclic amines) is 1. The quantitative estimate of drug-likeness (QED) is 0.743. The molecule has 1 aromatic carbocycles. The van der Waals surface area contributed by atoms with Crippen LogP contribution in [0.25, 0.3) is 10.2 Å². The maximum Gasteiger partial charge on any atom is 0.254 e. The number of fused-ring (bicyclic) bond motifs is 1. The van der Waals surface area contributed by atoms with Crippen LogP contribution in [0.3, 0.4) is 0 Å². The van der Waals surface area contributed by atoms with E-state index in [1.165, 1.54) is 0 Å². The van der Waals surface area contributed by atoms with E-state index in [2.05, 4.69) is 9.97 Å². The maximum atomic E-state index is 12.7. The Morgan fingerprint density at radius 2 is 2.13 bits per heavy atom. The molecule has 3 aromatic rings. The average Bonchev–Trinajstić information content (AvgIpc) is 3.23. The van der Waals surface area contributed by atoms with Gasteiger partial charge in [0, 0.05) is 30.9 Å². The molecule has 1 atom stereocenters. The molecule has 0 aliphatic carbocycles. The highest BCUT2D eigenvalue weighted by Crippen LogP contribution is 2.23. The summed E-state index contributed by atoms with van der Waals surface area (Å²) in [4.78, 5) is 22.7. The lowest BCUT2D eigenvalue weighted by molar-refractivity contribution is 0.0772. The molecule has 0 bridgehead atoms. The van der Waals surface area contributed by atoms with Crippen molar-refractivity contribution in [3.8, 4) is 5.75 Å². The first kappa shape index (κ1) is 14.1. The molecule has 1 amide bonds. The molecule has 0 unspecified atom stereocenters. The van der Waals surface area contributed by atoms with Crippen LogP contribution in [0.4, 0.5) is 0 Å². The van der Waals surface area contributed by atoms with Gasteiger partial charge in [-0.2, -0.15) is 0 Å². The summed E-state index contributed by atoms with van der Waals surface area (Å²) in [6.45, 7) is 1.33. The van der Waals surface area contributed by atoms with Crippen molar-refractivity contribution in [1.82, 2.24) is 14.9 Å². The molecular formula is C17H15N3O2S. The Morgan fingerprint density at radius 1 is 1.26 bits per heavy atom. The molecule has 5 nitrogen and oxygen atoms in total. The summed E-state index contributed by atoms with van der Waals surface area (Å²) in [5.74, 6) is 0.853. The third-order valence-electron chi connectivity index (χ3n) is 3.96. The first-order chi connectivity index (χ1) is 11.3. The maximum absolute atomic E-state index is 12.7. The number of nitrogens with zero attached hydrogens (tertiary/aromatic N) is 3. The molecule has 1 aliphatic heterocycles. The second-order valence-electron chi connectivity index (χ2n) is 5.50. The lowest BCUT2D eigenvalue weighted by atomic mass is 10.2. The van der Waals surface area contributed by atoms with E-state index in [4.69, 9.17) is 4.74 Å². The zero-order chi connectivity index (χ0) is 15.6. The SMILES string of the molecule is O=C(c1ccc2ncsc2c1)N1CC[C@H](Oc2ccncc2)C1. The highest BCUT2D eigenvalue weighted by Gasteiger charge is 2.28. The van der Waals surface area contributed by atoms with E-state index >= 15 is 0 Å². The molecule has 3 heterocycles. The van der Waals surface area contributed by atoms with Crippen LogP contribution in [-0.4, -0.2) is 40.0 Å². The van der Waals surface area contributed by atoms with Gasteiger partial charge in [0.05, 0.1) is 22.3 Å². The van der Waals surface area contributed by atoms with Gasteiger partial charge in [-0.3, -0.25) is 9.78 Å². The van der Waals surface area contributed by atoms with Crippen LogP contribution in [0.5, 0.6) is 5.75 Å². The first-order valence-electron chi connectivity index (χ1n) is 7.49. The van der Waals surface area contributed by atoms with Crippen molar-refractivity contribution >= 4 is 27.5 Å². The predicted molar refractivity (Wildman–Crippen MR) is 88.8 cm³/mol. The molecule has 1 saturated heterocycles. The van der Waals surface area contributed by atoms with Gasteiger partial charge >= 0.3 is 0 Å². The Bertz CT molecular complexity index is 834. The molecule has 0 radical (unpaired) electrons. The van der Waals surface area contributed by atoms with Crippen LogP contribution < -0.4 is 4.74 Å². The molecule has 6 heteroatoms. The van der Waals surface area contributed by atoms with Crippen LogP contribution in [0, 0.1) is 0 Å². The van der Waals surface area contributed by atoms with Crippen LogP contribution >= 0.6 is 11.3 Å². The van der Waals surface area contributed by atoms with Crippen molar-refractivity contribution in [2.45, 2.75) is 12.5 Å². The van der Waals surface area contributed by atoms with Gasteiger partial charge in [0.25, 0.3) is 5.91 Å². The summed E-state index contributed by atoms with van der Waals surface area (Å²) in [6, 6.07) is 9.35. The fourth-order valence-corrected chi connectivity index (χ4v) is 3.51. The van der Waals surface area contributed by atoms with Crippen molar-refractivity contribution in [3.05, 3.63) is 53.8 Å². The fourth-order valence-electron chi connectivity index (χ4n) is 2.79. The zero-order valence-corrected chi connectivity index (χ0v) is 13.2. The Kier molecular flexibility index (Phi) is 3.67. The fraction of sp³-hybridized carbons (Fsp3) is 0.235. The number of ether oxygens (including phenoxy) is 1. The summed E-state index contributed by atoms with van der Waals surface area (Å²) in [5.41, 5.74) is 3.45. The third-order valence-corrected chi connectivity index (χ3v) is 4.75. The number of amides is 1. The molecule has 1 aliphatic rings. The van der Waals surface area contributed by atoms with Gasteiger partial charge in [-0.25, -0.2) is 4.98 Å². The molecule has 23 heavy (non-hydrogen) atoms. The first-order valence-corrected chi connectivity index (χ1v) is 8.37. The van der Waals surface area contributed by atoms with Gasteiger partial charge in [-0.1, -0.05) is 0 Å². The van der Waals surface area contributed by atoms with Crippen molar-refractivity contribution < 1.29 is 9.53 Å². The molecule has 2 aromatic heterocycles. The molecule has 0 saturated carbocycles. The number of pyridine rings is 1. The van der Waals surface area contributed by atoms with Gasteiger partial charge in [-0.15, -0.1) is 11.3 Å². The van der Waals surface area contributed by atoms with E-state index in [0.717, 1.165) is 28.9 Å².